The first-order chi connectivity index (χ1) is 21.1. The predicted octanol–water partition coefficient (Wildman–Crippen LogP) is 4.47. The van der Waals surface area contributed by atoms with Gasteiger partial charge in [0.05, 0.1) is 11.3 Å². The smallest absolute Gasteiger partial charge is 0.345 e. The third kappa shape index (κ3) is 5.35. The SMILES string of the molecule is CCN(CC)c1ccc2cc(-c3nc4sc(S(=O)(=O)N=CN(C)C)nn4c3C3SCC(=O)N3c3ccccc3)c(=O)oc2c1. The number of para-hydroxylation sites is 1. The van der Waals surface area contributed by atoms with Crippen molar-refractivity contribution in [2.45, 2.75) is 23.6 Å². The molecular weight excluding hydrogens is 623 g/mol. The molecule has 3 aromatic heterocycles. The highest BCUT2D eigenvalue weighted by Crippen LogP contribution is 2.45. The van der Waals surface area contributed by atoms with E-state index in [1.165, 1.54) is 27.5 Å². The highest BCUT2D eigenvalue weighted by atomic mass is 32.2. The van der Waals surface area contributed by atoms with Gasteiger partial charge in [0.25, 0.3) is 4.34 Å². The summed E-state index contributed by atoms with van der Waals surface area (Å²) in [5.41, 5.74) is 2.26. The number of hydrogen-bond donors (Lipinski definition) is 0. The van der Waals surface area contributed by atoms with Gasteiger partial charge in [0.1, 0.15) is 28.7 Å². The fourth-order valence-corrected chi connectivity index (χ4v) is 8.22. The molecule has 6 rings (SSSR count). The number of benzene rings is 2. The van der Waals surface area contributed by atoms with Crippen molar-refractivity contribution in [3.63, 3.8) is 0 Å². The number of rotatable bonds is 9. The Morgan fingerprint density at radius 2 is 1.84 bits per heavy atom. The van der Waals surface area contributed by atoms with Crippen LogP contribution in [0.1, 0.15) is 24.9 Å². The molecule has 1 fully saturated rings. The van der Waals surface area contributed by atoms with Gasteiger partial charge in [0.15, 0.2) is 0 Å². The molecule has 0 bridgehead atoms. The Bertz CT molecular complexity index is 2070. The molecule has 5 aromatic rings. The second-order valence-corrected chi connectivity index (χ2v) is 14.0. The molecule has 44 heavy (non-hydrogen) atoms. The summed E-state index contributed by atoms with van der Waals surface area (Å²) in [6.07, 6.45) is 1.18. The van der Waals surface area contributed by atoms with Crippen molar-refractivity contribution in [1.82, 2.24) is 19.5 Å². The van der Waals surface area contributed by atoms with E-state index in [0.717, 1.165) is 30.1 Å². The quantitative estimate of drug-likeness (QED) is 0.128. The number of thioether (sulfide) groups is 1. The Morgan fingerprint density at radius 1 is 1.09 bits per heavy atom. The Hall–Kier alpha value is -4.21. The van der Waals surface area contributed by atoms with Gasteiger partial charge >= 0.3 is 15.6 Å². The number of fused-ring (bicyclic) bond motifs is 2. The molecule has 1 aliphatic heterocycles. The first-order valence-electron chi connectivity index (χ1n) is 13.8. The molecule has 0 spiro atoms. The molecule has 228 valence electrons. The highest BCUT2D eigenvalue weighted by molar-refractivity contribution is 8.00. The Kier molecular flexibility index (Phi) is 7.94. The zero-order chi connectivity index (χ0) is 31.2. The molecule has 15 heteroatoms. The maximum atomic E-state index is 13.6. The lowest BCUT2D eigenvalue weighted by Crippen LogP contribution is -2.29. The van der Waals surface area contributed by atoms with Crippen molar-refractivity contribution in [1.29, 1.82) is 0 Å². The minimum absolute atomic E-state index is 0.139. The van der Waals surface area contributed by atoms with Crippen LogP contribution >= 0.6 is 23.1 Å². The number of imidazole rings is 1. The summed E-state index contributed by atoms with van der Waals surface area (Å²) < 4.78 is 36.7. The zero-order valence-electron chi connectivity index (χ0n) is 24.4. The number of aromatic nitrogens is 3. The average molecular weight is 652 g/mol. The van der Waals surface area contributed by atoms with Gasteiger partial charge in [-0.15, -0.1) is 21.3 Å². The van der Waals surface area contributed by atoms with Crippen molar-refractivity contribution in [3.05, 3.63) is 70.7 Å². The van der Waals surface area contributed by atoms with Crippen molar-refractivity contribution in [3.8, 4) is 11.3 Å². The van der Waals surface area contributed by atoms with Crippen LogP contribution in [-0.2, 0) is 14.8 Å². The summed E-state index contributed by atoms with van der Waals surface area (Å²) in [5.74, 6) is 0.0370. The van der Waals surface area contributed by atoms with E-state index in [-0.39, 0.29) is 32.2 Å². The van der Waals surface area contributed by atoms with Gasteiger partial charge < -0.3 is 14.2 Å². The van der Waals surface area contributed by atoms with E-state index < -0.39 is 21.0 Å². The molecule has 0 aliphatic carbocycles. The van der Waals surface area contributed by atoms with Gasteiger partial charge in [0, 0.05) is 50.0 Å². The molecule has 0 saturated carbocycles. The lowest BCUT2D eigenvalue weighted by molar-refractivity contribution is -0.115. The minimum Gasteiger partial charge on any atom is -0.422 e. The minimum atomic E-state index is -4.13. The van der Waals surface area contributed by atoms with Crippen LogP contribution in [-0.4, -0.2) is 73.1 Å². The van der Waals surface area contributed by atoms with E-state index in [1.54, 1.807) is 25.1 Å². The monoisotopic (exact) mass is 651 g/mol. The molecule has 12 nitrogen and oxygen atoms in total. The fraction of sp³-hybridized carbons (Fsp3) is 0.276. The van der Waals surface area contributed by atoms with E-state index in [0.29, 0.717) is 22.4 Å². The molecule has 0 N–H and O–H groups in total. The van der Waals surface area contributed by atoms with Crippen LogP contribution in [0.4, 0.5) is 11.4 Å². The lowest BCUT2D eigenvalue weighted by Gasteiger charge is -2.24. The molecule has 1 saturated heterocycles. The maximum absolute atomic E-state index is 13.6. The van der Waals surface area contributed by atoms with Crippen molar-refractivity contribution in [2.24, 2.45) is 4.40 Å². The van der Waals surface area contributed by atoms with Gasteiger partial charge in [-0.1, -0.05) is 29.5 Å². The third-order valence-corrected chi connectivity index (χ3v) is 10.7. The van der Waals surface area contributed by atoms with Gasteiger partial charge in [-0.2, -0.15) is 8.42 Å². The standard InChI is InChI=1S/C29H29N7O5S3/c1-5-34(6-2)20-13-12-18-14-21(27(38)41-22(18)15-20)24-25(26-35(23(37)16-42-26)19-10-8-7-9-11-19)36-28(31-24)43-29(32-36)44(39,40)30-17-33(3)4/h7-15,17,26H,5-6,16H2,1-4H3. The van der Waals surface area contributed by atoms with Gasteiger partial charge in [0.2, 0.25) is 10.9 Å². The number of amides is 1. The number of sulfonamides is 1. The topological polar surface area (TPSA) is 134 Å². The van der Waals surface area contributed by atoms with Crippen LogP contribution < -0.4 is 15.4 Å². The molecule has 2 aromatic carbocycles. The maximum Gasteiger partial charge on any atom is 0.345 e. The van der Waals surface area contributed by atoms with Crippen LogP contribution in [0.25, 0.3) is 27.2 Å². The molecule has 1 amide bonds. The summed E-state index contributed by atoms with van der Waals surface area (Å²) >= 11 is 2.17. The normalized spacial score (nSPS) is 15.7. The lowest BCUT2D eigenvalue weighted by atomic mass is 10.1. The number of nitrogens with zero attached hydrogens (tertiary/aromatic N) is 7. The van der Waals surface area contributed by atoms with Gasteiger partial charge in [-0.25, -0.2) is 14.3 Å². The molecule has 4 heterocycles. The van der Waals surface area contributed by atoms with E-state index in [1.807, 2.05) is 48.5 Å². The molecule has 0 radical (unpaired) electrons. The number of carbonyl (C=O) groups excluding carboxylic acids is 1. The van der Waals surface area contributed by atoms with E-state index >= 15 is 0 Å². The third-order valence-electron chi connectivity index (χ3n) is 7.10. The van der Waals surface area contributed by atoms with E-state index in [4.69, 9.17) is 9.40 Å². The zero-order valence-corrected chi connectivity index (χ0v) is 26.8. The van der Waals surface area contributed by atoms with Crippen LogP contribution in [0, 0.1) is 0 Å². The summed E-state index contributed by atoms with van der Waals surface area (Å²) in [6.45, 7) is 5.73. The van der Waals surface area contributed by atoms with Crippen LogP contribution in [0.15, 0.2) is 72.5 Å². The number of anilines is 2. The summed E-state index contributed by atoms with van der Waals surface area (Å²) in [6, 6.07) is 16.6. The predicted molar refractivity (Wildman–Crippen MR) is 174 cm³/mol. The van der Waals surface area contributed by atoms with Gasteiger partial charge in [-0.3, -0.25) is 9.69 Å². The largest absolute Gasteiger partial charge is 0.422 e. The molecular formula is C29H29N7O5S3. The van der Waals surface area contributed by atoms with Crippen molar-refractivity contribution < 1.29 is 17.6 Å². The fourth-order valence-electron chi connectivity index (χ4n) is 5.02. The second kappa shape index (κ2) is 11.7. The average Bonchev–Trinajstić information content (AvgIpc) is 3.69. The van der Waals surface area contributed by atoms with Gasteiger partial charge in [-0.05, 0) is 44.2 Å². The first kappa shape index (κ1) is 29.8. The summed E-state index contributed by atoms with van der Waals surface area (Å²) in [7, 11) is -0.818. The van der Waals surface area contributed by atoms with Crippen molar-refractivity contribution in [2.75, 3.05) is 42.7 Å². The highest BCUT2D eigenvalue weighted by Gasteiger charge is 2.40. The van der Waals surface area contributed by atoms with E-state index in [2.05, 4.69) is 28.2 Å². The first-order valence-corrected chi connectivity index (χ1v) is 17.1. The summed E-state index contributed by atoms with van der Waals surface area (Å²) in [5, 5.41) is 4.45. The van der Waals surface area contributed by atoms with Crippen LogP contribution in [0.5, 0.6) is 0 Å². The Labute approximate surface area is 261 Å². The van der Waals surface area contributed by atoms with Crippen molar-refractivity contribution >= 4 is 72.7 Å². The number of carbonyl (C=O) groups is 1. The molecule has 1 aliphatic rings. The molecule has 1 unspecified atom stereocenters. The van der Waals surface area contributed by atoms with Crippen LogP contribution in [0.3, 0.4) is 0 Å². The Balaban J connectivity index is 1.55. The van der Waals surface area contributed by atoms with E-state index in [9.17, 15) is 18.0 Å². The second-order valence-electron chi connectivity index (χ2n) is 10.2. The number of hydrogen-bond acceptors (Lipinski definition) is 10. The summed E-state index contributed by atoms with van der Waals surface area (Å²) in [4.78, 5) is 37.0. The Morgan fingerprint density at radius 3 is 2.55 bits per heavy atom. The van der Waals surface area contributed by atoms with Crippen LogP contribution in [0.2, 0.25) is 0 Å². The molecule has 1 atom stereocenters.